The average molecular weight is 337 g/mol. The third-order valence-corrected chi connectivity index (χ3v) is 6.23. The first-order valence-corrected chi connectivity index (χ1v) is 9.54. The molecule has 0 amide bonds. The van der Waals surface area contributed by atoms with Crippen LogP contribution in [-0.4, -0.2) is 65.0 Å². The van der Waals surface area contributed by atoms with Crippen LogP contribution in [0.2, 0.25) is 0 Å². The normalized spacial score (nSPS) is 26.3. The summed E-state index contributed by atoms with van der Waals surface area (Å²) < 4.78 is 0. The lowest BCUT2D eigenvalue weighted by Gasteiger charge is -2.44. The minimum atomic E-state index is 0.656. The van der Waals surface area contributed by atoms with E-state index in [9.17, 15) is 0 Å². The summed E-state index contributed by atoms with van der Waals surface area (Å²) in [6, 6.07) is 4.37. The van der Waals surface area contributed by atoms with E-state index in [4.69, 9.17) is 4.98 Å². The van der Waals surface area contributed by atoms with Crippen LogP contribution < -0.4 is 0 Å². The second-order valence-corrected chi connectivity index (χ2v) is 8.11. The van der Waals surface area contributed by atoms with Crippen LogP contribution in [0, 0.1) is 5.92 Å². The Morgan fingerprint density at radius 3 is 2.72 bits per heavy atom. The molecule has 0 aliphatic carbocycles. The largest absolute Gasteiger partial charge is 0.361 e. The Labute approximate surface area is 148 Å². The lowest BCUT2D eigenvalue weighted by atomic mass is 9.75. The van der Waals surface area contributed by atoms with Crippen molar-refractivity contribution in [1.29, 1.82) is 0 Å². The summed E-state index contributed by atoms with van der Waals surface area (Å²) in [5.41, 5.74) is 5.03. The maximum Gasteiger partial charge on any atom is 0.108 e. The van der Waals surface area contributed by atoms with Crippen LogP contribution in [0.3, 0.4) is 0 Å². The van der Waals surface area contributed by atoms with Gasteiger partial charge in [0.05, 0.1) is 11.0 Å². The van der Waals surface area contributed by atoms with Crippen LogP contribution >= 0.6 is 0 Å². The fraction of sp³-hybridized carbons (Fsp3) is 0.550. The van der Waals surface area contributed by atoms with Crippen molar-refractivity contribution in [2.75, 3.05) is 40.3 Å². The van der Waals surface area contributed by atoms with Gasteiger partial charge in [-0.15, -0.1) is 0 Å². The molecule has 2 bridgehead atoms. The fourth-order valence-electron chi connectivity index (χ4n) is 4.82. The van der Waals surface area contributed by atoms with Gasteiger partial charge in [-0.05, 0) is 63.6 Å². The van der Waals surface area contributed by atoms with Gasteiger partial charge in [-0.2, -0.15) is 0 Å². The minimum absolute atomic E-state index is 0.656. The molecular formula is C20H27N5. The summed E-state index contributed by atoms with van der Waals surface area (Å²) in [5, 5.41) is 1.35. The van der Waals surface area contributed by atoms with Crippen molar-refractivity contribution in [2.45, 2.75) is 25.2 Å². The minimum Gasteiger partial charge on any atom is -0.361 e. The molecule has 132 valence electrons. The smallest absolute Gasteiger partial charge is 0.108 e. The highest BCUT2D eigenvalue weighted by atomic mass is 15.1. The second-order valence-electron chi connectivity index (χ2n) is 8.11. The Hall–Kier alpha value is -1.85. The van der Waals surface area contributed by atoms with E-state index < -0.39 is 0 Å². The molecule has 3 aliphatic rings. The van der Waals surface area contributed by atoms with Gasteiger partial charge in [0.25, 0.3) is 0 Å². The van der Waals surface area contributed by atoms with Crippen LogP contribution in [0.4, 0.5) is 0 Å². The molecule has 5 nitrogen and oxygen atoms in total. The van der Waals surface area contributed by atoms with Crippen molar-refractivity contribution in [3.63, 3.8) is 0 Å². The molecule has 3 fully saturated rings. The molecule has 1 unspecified atom stereocenters. The first-order chi connectivity index (χ1) is 12.2. The van der Waals surface area contributed by atoms with Gasteiger partial charge in [0.2, 0.25) is 0 Å². The molecule has 2 N–H and O–H groups in total. The molecule has 3 aliphatic heterocycles. The van der Waals surface area contributed by atoms with Crippen molar-refractivity contribution in [2.24, 2.45) is 5.92 Å². The Balaban J connectivity index is 1.59. The van der Waals surface area contributed by atoms with Crippen molar-refractivity contribution in [1.82, 2.24) is 24.8 Å². The van der Waals surface area contributed by atoms with Gasteiger partial charge in [0, 0.05) is 42.5 Å². The number of aromatic amines is 2. The maximum atomic E-state index is 4.99. The summed E-state index contributed by atoms with van der Waals surface area (Å²) in [5.74, 6) is 2.59. The lowest BCUT2D eigenvalue weighted by molar-refractivity contribution is 0.0877. The number of hydrogen-bond donors (Lipinski definition) is 2. The number of nitrogens with zero attached hydrogens (tertiary/aromatic N) is 3. The number of imidazole rings is 1. The van der Waals surface area contributed by atoms with Gasteiger partial charge in [-0.1, -0.05) is 0 Å². The molecule has 5 heterocycles. The van der Waals surface area contributed by atoms with Crippen molar-refractivity contribution in [3.05, 3.63) is 29.7 Å². The highest BCUT2D eigenvalue weighted by Gasteiger charge is 2.36. The number of likely N-dealkylation sites (N-methyl/N-ethyl adjacent to an activating group) is 1. The number of H-pyrrole nitrogens is 2. The average Bonchev–Trinajstić information content (AvgIpc) is 3.24. The van der Waals surface area contributed by atoms with E-state index in [-0.39, 0.29) is 0 Å². The van der Waals surface area contributed by atoms with E-state index in [0.717, 1.165) is 30.2 Å². The molecule has 25 heavy (non-hydrogen) atoms. The summed E-state index contributed by atoms with van der Waals surface area (Å²) in [7, 11) is 4.22. The van der Waals surface area contributed by atoms with Gasteiger partial charge in [0.15, 0.2) is 0 Å². The molecule has 6 rings (SSSR count). The Kier molecular flexibility index (Phi) is 3.61. The molecule has 0 radical (unpaired) electrons. The van der Waals surface area contributed by atoms with Crippen LogP contribution in [0.5, 0.6) is 0 Å². The monoisotopic (exact) mass is 337 g/mol. The Bertz CT molecular complexity index is 897. The second kappa shape index (κ2) is 5.85. The molecule has 0 saturated carbocycles. The van der Waals surface area contributed by atoms with E-state index in [1.54, 1.807) is 0 Å². The van der Waals surface area contributed by atoms with E-state index in [0.29, 0.717) is 5.92 Å². The molecule has 2 aromatic heterocycles. The van der Waals surface area contributed by atoms with Gasteiger partial charge < -0.3 is 19.8 Å². The van der Waals surface area contributed by atoms with Crippen molar-refractivity contribution < 1.29 is 0 Å². The van der Waals surface area contributed by atoms with E-state index in [2.05, 4.69) is 52.2 Å². The van der Waals surface area contributed by atoms with E-state index in [1.807, 2.05) is 0 Å². The first-order valence-electron chi connectivity index (χ1n) is 9.54. The molecule has 3 saturated heterocycles. The number of nitrogens with one attached hydrogen (secondary N) is 2. The van der Waals surface area contributed by atoms with Crippen molar-refractivity contribution >= 4 is 21.9 Å². The predicted molar refractivity (Wildman–Crippen MR) is 102 cm³/mol. The standard InChI is InChI=1S/C20H27N5/c1-24(2)8-7-18-22-17-4-3-16-19(20(17)23-18)14(11-21-16)15-12-25-9-5-13(15)6-10-25/h3-4,11,13,15,21H,5-10,12H2,1-2H3,(H,22,23). The predicted octanol–water partition coefficient (Wildman–Crippen LogP) is 2.96. The number of aromatic nitrogens is 3. The zero-order chi connectivity index (χ0) is 17.0. The summed E-state index contributed by atoms with van der Waals surface area (Å²) >= 11 is 0. The number of fused-ring (bicyclic) bond motifs is 6. The number of piperidine rings is 3. The van der Waals surface area contributed by atoms with Crippen LogP contribution in [0.25, 0.3) is 21.9 Å². The Morgan fingerprint density at radius 2 is 2.00 bits per heavy atom. The highest BCUT2D eigenvalue weighted by Crippen LogP contribution is 2.42. The zero-order valence-corrected chi connectivity index (χ0v) is 15.2. The van der Waals surface area contributed by atoms with Crippen LogP contribution in [-0.2, 0) is 6.42 Å². The van der Waals surface area contributed by atoms with Crippen LogP contribution in [0.15, 0.2) is 18.3 Å². The van der Waals surface area contributed by atoms with Gasteiger partial charge in [-0.25, -0.2) is 4.98 Å². The third kappa shape index (κ3) is 2.57. The van der Waals surface area contributed by atoms with Gasteiger partial charge in [-0.3, -0.25) is 0 Å². The molecule has 5 heteroatoms. The van der Waals surface area contributed by atoms with Crippen molar-refractivity contribution in [3.8, 4) is 0 Å². The van der Waals surface area contributed by atoms with E-state index in [1.165, 1.54) is 54.5 Å². The summed E-state index contributed by atoms with van der Waals surface area (Å²) in [4.78, 5) is 16.9. The third-order valence-electron chi connectivity index (χ3n) is 6.23. The molecule has 1 atom stereocenters. The molecular weight excluding hydrogens is 310 g/mol. The lowest BCUT2D eigenvalue weighted by Crippen LogP contribution is -2.46. The van der Waals surface area contributed by atoms with E-state index >= 15 is 0 Å². The van der Waals surface area contributed by atoms with Gasteiger partial charge >= 0.3 is 0 Å². The topological polar surface area (TPSA) is 51.0 Å². The summed E-state index contributed by atoms with van der Waals surface area (Å²) in [6.07, 6.45) is 5.91. The van der Waals surface area contributed by atoms with Crippen LogP contribution in [0.1, 0.15) is 30.1 Å². The number of rotatable bonds is 4. The fourth-order valence-corrected chi connectivity index (χ4v) is 4.82. The van der Waals surface area contributed by atoms with Gasteiger partial charge in [0.1, 0.15) is 5.82 Å². The molecule has 1 aromatic carbocycles. The molecule has 0 spiro atoms. The zero-order valence-electron chi connectivity index (χ0n) is 15.2. The SMILES string of the molecule is CN(C)CCc1nc2c(ccc3[nH]cc(C4CN5CCC4CC5)c32)[nH]1. The molecule has 3 aromatic rings. The number of benzene rings is 1. The maximum absolute atomic E-state index is 4.99. The highest BCUT2D eigenvalue weighted by molar-refractivity contribution is 6.05. The Morgan fingerprint density at radius 1 is 1.20 bits per heavy atom. The first kappa shape index (κ1) is 15.4. The number of hydrogen-bond acceptors (Lipinski definition) is 3. The quantitative estimate of drug-likeness (QED) is 0.769. The summed E-state index contributed by atoms with van der Waals surface area (Å²) in [6.45, 7) is 4.81.